The molecule has 2 atom stereocenters. The lowest BCUT2D eigenvalue weighted by molar-refractivity contribution is 0.148. The molecule has 2 aliphatic heterocycles. The molecule has 1 spiro atoms. The van der Waals surface area contributed by atoms with Crippen LogP contribution in [0.1, 0.15) is 6.42 Å². The molecule has 9 heteroatoms. The number of nitrogens with zero attached hydrogens (tertiary/aromatic N) is 2. The van der Waals surface area contributed by atoms with Crippen LogP contribution in [-0.2, 0) is 20.0 Å². The molecule has 2 fully saturated rings. The number of para-hydroxylation sites is 1. The summed E-state index contributed by atoms with van der Waals surface area (Å²) in [7, 11) is -7.33. The Bertz CT molecular complexity index is 778. The predicted molar refractivity (Wildman–Crippen MR) is 82.5 cm³/mol. The van der Waals surface area contributed by atoms with E-state index in [1.165, 1.54) is 4.31 Å². The van der Waals surface area contributed by atoms with Gasteiger partial charge in [0.25, 0.3) is 0 Å². The first-order chi connectivity index (χ1) is 10.2. The van der Waals surface area contributed by atoms with Crippen molar-refractivity contribution in [2.45, 2.75) is 17.3 Å². The zero-order valence-corrected chi connectivity index (χ0v) is 13.7. The molecule has 2 aliphatic rings. The lowest BCUT2D eigenvalue weighted by Gasteiger charge is -2.26. The fourth-order valence-corrected chi connectivity index (χ4v) is 6.42. The lowest BCUT2D eigenvalue weighted by Crippen LogP contribution is -2.48. The van der Waals surface area contributed by atoms with E-state index in [0.29, 0.717) is 5.69 Å². The Kier molecular flexibility index (Phi) is 3.52. The van der Waals surface area contributed by atoms with Gasteiger partial charge in [-0.2, -0.15) is 0 Å². The van der Waals surface area contributed by atoms with E-state index in [0.717, 1.165) is 10.6 Å². The van der Waals surface area contributed by atoms with Crippen LogP contribution in [0.4, 0.5) is 5.69 Å². The third-order valence-electron chi connectivity index (χ3n) is 4.49. The highest BCUT2D eigenvalue weighted by molar-refractivity contribution is 7.94. The van der Waals surface area contributed by atoms with Crippen LogP contribution in [0.15, 0.2) is 30.3 Å². The molecule has 7 nitrogen and oxygen atoms in total. The van der Waals surface area contributed by atoms with Crippen LogP contribution in [-0.4, -0.2) is 63.0 Å². The van der Waals surface area contributed by atoms with Gasteiger partial charge in [0.15, 0.2) is 0 Å². The smallest absolute Gasteiger partial charge is 0.245 e. The minimum absolute atomic E-state index is 0.0516. The van der Waals surface area contributed by atoms with Crippen molar-refractivity contribution in [1.29, 1.82) is 0 Å². The van der Waals surface area contributed by atoms with Crippen LogP contribution in [0.2, 0.25) is 0 Å². The fourth-order valence-electron chi connectivity index (χ4n) is 3.19. The molecule has 2 heterocycles. The van der Waals surface area contributed by atoms with Gasteiger partial charge in [-0.25, -0.2) is 21.1 Å². The number of sulfonamides is 2. The molecular weight excluding hydrogens is 328 g/mol. The van der Waals surface area contributed by atoms with E-state index in [1.54, 1.807) is 30.3 Å². The van der Waals surface area contributed by atoms with E-state index in [2.05, 4.69) is 0 Å². The largest absolute Gasteiger partial charge is 0.389 e. The maximum atomic E-state index is 12.9. The van der Waals surface area contributed by atoms with E-state index < -0.39 is 30.9 Å². The first kappa shape index (κ1) is 15.7. The standard InChI is InChI=1S/C13H18N2O5S2/c1-21(17,18)14-8-7-13(10-14)12(16)9-15(22(13,19)20)11-5-3-2-4-6-11/h2-6,12,16H,7-10H2,1H3/t12-,13+/m0/s1. The Morgan fingerprint density at radius 1 is 1.27 bits per heavy atom. The van der Waals surface area contributed by atoms with Gasteiger partial charge in [0, 0.05) is 13.1 Å². The zero-order valence-electron chi connectivity index (χ0n) is 12.1. The second-order valence-electron chi connectivity index (χ2n) is 5.80. The predicted octanol–water partition coefficient (Wildman–Crippen LogP) is -0.399. The van der Waals surface area contributed by atoms with Crippen LogP contribution in [0.3, 0.4) is 0 Å². The Labute approximate surface area is 130 Å². The van der Waals surface area contributed by atoms with Gasteiger partial charge in [-0.3, -0.25) is 4.31 Å². The molecule has 0 aliphatic carbocycles. The first-order valence-corrected chi connectivity index (χ1v) is 10.2. The molecular formula is C13H18N2O5S2. The van der Waals surface area contributed by atoms with Gasteiger partial charge in [0.05, 0.1) is 24.6 Å². The van der Waals surface area contributed by atoms with Crippen molar-refractivity contribution >= 4 is 25.7 Å². The molecule has 0 saturated carbocycles. The van der Waals surface area contributed by atoms with E-state index in [9.17, 15) is 21.9 Å². The number of aliphatic hydroxyl groups is 1. The van der Waals surface area contributed by atoms with Gasteiger partial charge in [-0.15, -0.1) is 0 Å². The zero-order chi connectivity index (χ0) is 16.2. The van der Waals surface area contributed by atoms with Gasteiger partial charge in [-0.05, 0) is 18.6 Å². The number of hydrogen-bond donors (Lipinski definition) is 1. The first-order valence-electron chi connectivity index (χ1n) is 6.89. The summed E-state index contributed by atoms with van der Waals surface area (Å²) in [5.41, 5.74) is 0.483. The quantitative estimate of drug-likeness (QED) is 0.786. The van der Waals surface area contributed by atoms with E-state index >= 15 is 0 Å². The summed E-state index contributed by atoms with van der Waals surface area (Å²) < 4.78 is 50.1. The summed E-state index contributed by atoms with van der Waals surface area (Å²) in [6.45, 7) is -0.139. The van der Waals surface area contributed by atoms with Gasteiger partial charge in [0.1, 0.15) is 4.75 Å². The molecule has 0 radical (unpaired) electrons. The summed E-state index contributed by atoms with van der Waals surface area (Å²) in [6, 6.07) is 8.54. The number of rotatable bonds is 2. The molecule has 0 bridgehead atoms. The molecule has 0 aromatic heterocycles. The topological polar surface area (TPSA) is 95.0 Å². The molecule has 3 rings (SSSR count). The Morgan fingerprint density at radius 3 is 2.45 bits per heavy atom. The maximum Gasteiger partial charge on any atom is 0.245 e. The third-order valence-corrected chi connectivity index (χ3v) is 8.31. The van der Waals surface area contributed by atoms with Crippen molar-refractivity contribution in [2.75, 3.05) is 30.2 Å². The van der Waals surface area contributed by atoms with Gasteiger partial charge >= 0.3 is 0 Å². The van der Waals surface area contributed by atoms with Gasteiger partial charge < -0.3 is 5.11 Å². The van der Waals surface area contributed by atoms with Crippen molar-refractivity contribution < 1.29 is 21.9 Å². The molecule has 1 aromatic rings. The molecule has 1 aromatic carbocycles. The third kappa shape index (κ3) is 2.15. The summed E-state index contributed by atoms with van der Waals surface area (Å²) >= 11 is 0. The van der Waals surface area contributed by atoms with Crippen molar-refractivity contribution in [2.24, 2.45) is 0 Å². The van der Waals surface area contributed by atoms with Crippen molar-refractivity contribution in [1.82, 2.24) is 4.31 Å². The lowest BCUT2D eigenvalue weighted by atomic mass is 10.0. The van der Waals surface area contributed by atoms with Crippen molar-refractivity contribution in [3.63, 3.8) is 0 Å². The Balaban J connectivity index is 2.01. The van der Waals surface area contributed by atoms with Gasteiger partial charge in [-0.1, -0.05) is 18.2 Å². The molecule has 0 amide bonds. The number of anilines is 1. The number of benzene rings is 1. The van der Waals surface area contributed by atoms with Gasteiger partial charge in [0.2, 0.25) is 20.0 Å². The molecule has 122 valence electrons. The van der Waals surface area contributed by atoms with Crippen molar-refractivity contribution in [3.8, 4) is 0 Å². The highest BCUT2D eigenvalue weighted by Crippen LogP contribution is 2.43. The fraction of sp³-hybridized carbons (Fsp3) is 0.538. The van der Waals surface area contributed by atoms with E-state index in [1.807, 2.05) is 0 Å². The SMILES string of the molecule is CS(=O)(=O)N1CC[C@@]2(C1)[C@@H](O)CN(c1ccccc1)S2(=O)=O. The van der Waals surface area contributed by atoms with E-state index in [4.69, 9.17) is 0 Å². The average Bonchev–Trinajstić information content (AvgIpc) is 2.98. The molecule has 1 N–H and O–H groups in total. The summed E-state index contributed by atoms with van der Waals surface area (Å²) in [5.74, 6) is 0. The highest BCUT2D eigenvalue weighted by atomic mass is 32.2. The molecule has 0 unspecified atom stereocenters. The van der Waals surface area contributed by atoms with Crippen LogP contribution >= 0.6 is 0 Å². The summed E-state index contributed by atoms with van der Waals surface area (Å²) in [6.07, 6.45) is 0.0337. The van der Waals surface area contributed by atoms with E-state index in [-0.39, 0.29) is 26.1 Å². The number of β-amino-alcohol motifs (C(OH)–C–C–N with tert-alkyl or cyclic N) is 1. The Morgan fingerprint density at radius 2 is 1.91 bits per heavy atom. The van der Waals surface area contributed by atoms with Crippen LogP contribution in [0.5, 0.6) is 0 Å². The van der Waals surface area contributed by atoms with Crippen molar-refractivity contribution in [3.05, 3.63) is 30.3 Å². The van der Waals surface area contributed by atoms with Crippen LogP contribution in [0.25, 0.3) is 0 Å². The minimum atomic E-state index is -3.85. The maximum absolute atomic E-state index is 12.9. The second kappa shape index (κ2) is 4.92. The van der Waals surface area contributed by atoms with Crippen LogP contribution in [0, 0.1) is 0 Å². The minimum Gasteiger partial charge on any atom is -0.389 e. The summed E-state index contributed by atoms with van der Waals surface area (Å²) in [4.78, 5) is 0. The average molecular weight is 346 g/mol. The number of hydrogen-bond acceptors (Lipinski definition) is 5. The number of aliphatic hydroxyl groups excluding tert-OH is 1. The monoisotopic (exact) mass is 346 g/mol. The highest BCUT2D eigenvalue weighted by Gasteiger charge is 2.62. The Hall–Kier alpha value is -1.16. The summed E-state index contributed by atoms with van der Waals surface area (Å²) in [5, 5.41) is 10.4. The molecule has 22 heavy (non-hydrogen) atoms. The normalized spacial score (nSPS) is 31.9. The van der Waals surface area contributed by atoms with Crippen LogP contribution < -0.4 is 4.31 Å². The molecule has 2 saturated heterocycles. The second-order valence-corrected chi connectivity index (χ2v) is 9.99.